The highest BCUT2D eigenvalue weighted by atomic mass is 16.5. The molecule has 0 aliphatic heterocycles. The van der Waals surface area contributed by atoms with E-state index in [9.17, 15) is 9.59 Å². The van der Waals surface area contributed by atoms with Crippen molar-refractivity contribution in [2.75, 3.05) is 26.1 Å². The Balaban J connectivity index is 1.84. The standard InChI is InChI=1S/C20H24N2O4/c1-4-14-5-7-16(8-6-14)22-19(23)9-10-21-20(24)15-11-17(25-2)13-18(12-15)26-3/h5-8,11-13H,4,9-10H2,1-3H3,(H,21,24)(H,22,23). The van der Waals surface area contributed by atoms with E-state index in [-0.39, 0.29) is 24.8 Å². The summed E-state index contributed by atoms with van der Waals surface area (Å²) in [5.41, 5.74) is 2.37. The van der Waals surface area contributed by atoms with Gasteiger partial charge in [-0.1, -0.05) is 19.1 Å². The Kier molecular flexibility index (Phi) is 7.02. The van der Waals surface area contributed by atoms with Gasteiger partial charge in [0.1, 0.15) is 11.5 Å². The van der Waals surface area contributed by atoms with Crippen LogP contribution in [-0.4, -0.2) is 32.6 Å². The number of anilines is 1. The first kappa shape index (κ1) is 19.3. The van der Waals surface area contributed by atoms with E-state index in [0.29, 0.717) is 17.1 Å². The lowest BCUT2D eigenvalue weighted by Gasteiger charge is -2.10. The minimum atomic E-state index is -0.290. The minimum Gasteiger partial charge on any atom is -0.497 e. The minimum absolute atomic E-state index is 0.155. The quantitative estimate of drug-likeness (QED) is 0.762. The van der Waals surface area contributed by atoms with Gasteiger partial charge >= 0.3 is 0 Å². The fraction of sp³-hybridized carbons (Fsp3) is 0.300. The van der Waals surface area contributed by atoms with E-state index in [1.54, 1.807) is 18.2 Å². The van der Waals surface area contributed by atoms with Crippen LogP contribution in [0, 0.1) is 0 Å². The molecule has 26 heavy (non-hydrogen) atoms. The molecular formula is C20H24N2O4. The highest BCUT2D eigenvalue weighted by molar-refractivity contribution is 5.96. The highest BCUT2D eigenvalue weighted by Gasteiger charge is 2.10. The number of hydrogen-bond acceptors (Lipinski definition) is 4. The van der Waals surface area contributed by atoms with E-state index in [1.807, 2.05) is 24.3 Å². The first-order valence-electron chi connectivity index (χ1n) is 8.45. The molecular weight excluding hydrogens is 332 g/mol. The summed E-state index contributed by atoms with van der Waals surface area (Å²) in [6, 6.07) is 12.6. The van der Waals surface area contributed by atoms with Gasteiger partial charge in [-0.25, -0.2) is 0 Å². The van der Waals surface area contributed by atoms with Crippen LogP contribution in [0.1, 0.15) is 29.3 Å². The first-order chi connectivity index (χ1) is 12.5. The van der Waals surface area contributed by atoms with Gasteiger partial charge in [-0.15, -0.1) is 0 Å². The molecule has 0 radical (unpaired) electrons. The smallest absolute Gasteiger partial charge is 0.251 e. The number of carbonyl (C=O) groups excluding carboxylic acids is 2. The van der Waals surface area contributed by atoms with Crippen molar-refractivity contribution in [3.63, 3.8) is 0 Å². The van der Waals surface area contributed by atoms with Gasteiger partial charge in [0.05, 0.1) is 14.2 Å². The number of nitrogens with one attached hydrogen (secondary N) is 2. The lowest BCUT2D eigenvalue weighted by molar-refractivity contribution is -0.116. The fourth-order valence-electron chi connectivity index (χ4n) is 2.38. The van der Waals surface area contributed by atoms with Crippen molar-refractivity contribution in [3.8, 4) is 11.5 Å². The molecule has 0 spiro atoms. The molecule has 2 N–H and O–H groups in total. The molecule has 2 amide bonds. The molecule has 0 aromatic heterocycles. The highest BCUT2D eigenvalue weighted by Crippen LogP contribution is 2.22. The first-order valence-corrected chi connectivity index (χ1v) is 8.45. The van der Waals surface area contributed by atoms with Crippen molar-refractivity contribution in [3.05, 3.63) is 53.6 Å². The number of rotatable bonds is 8. The summed E-state index contributed by atoms with van der Waals surface area (Å²) in [7, 11) is 3.04. The summed E-state index contributed by atoms with van der Waals surface area (Å²) < 4.78 is 10.3. The molecule has 2 aromatic rings. The molecule has 0 fully saturated rings. The van der Waals surface area contributed by atoms with Crippen molar-refractivity contribution in [2.24, 2.45) is 0 Å². The molecule has 2 aromatic carbocycles. The Morgan fingerprint density at radius 3 is 2.12 bits per heavy atom. The van der Waals surface area contributed by atoms with Crippen LogP contribution >= 0.6 is 0 Å². The summed E-state index contributed by atoms with van der Waals surface area (Å²) in [5.74, 6) is 0.616. The van der Waals surface area contributed by atoms with E-state index in [1.165, 1.54) is 19.8 Å². The Morgan fingerprint density at radius 1 is 0.962 bits per heavy atom. The third kappa shape index (κ3) is 5.51. The molecule has 0 aliphatic carbocycles. The zero-order valence-corrected chi connectivity index (χ0v) is 15.3. The van der Waals surface area contributed by atoms with Crippen LogP contribution in [0.2, 0.25) is 0 Å². The van der Waals surface area contributed by atoms with Gasteiger partial charge < -0.3 is 20.1 Å². The van der Waals surface area contributed by atoms with Gasteiger partial charge in [0, 0.05) is 30.3 Å². The normalized spacial score (nSPS) is 10.1. The van der Waals surface area contributed by atoms with Gasteiger partial charge in [0.2, 0.25) is 5.91 Å². The Hall–Kier alpha value is -3.02. The van der Waals surface area contributed by atoms with E-state index in [2.05, 4.69) is 17.6 Å². The maximum absolute atomic E-state index is 12.2. The molecule has 0 heterocycles. The van der Waals surface area contributed by atoms with Gasteiger partial charge in [-0.3, -0.25) is 9.59 Å². The monoisotopic (exact) mass is 356 g/mol. The molecule has 0 unspecified atom stereocenters. The van der Waals surface area contributed by atoms with Crippen LogP contribution in [0.4, 0.5) is 5.69 Å². The Labute approximate surface area is 153 Å². The second-order valence-corrected chi connectivity index (χ2v) is 5.71. The van der Waals surface area contributed by atoms with E-state index >= 15 is 0 Å². The van der Waals surface area contributed by atoms with Crippen molar-refractivity contribution in [2.45, 2.75) is 19.8 Å². The molecule has 0 bridgehead atoms. The number of hydrogen-bond donors (Lipinski definition) is 2. The molecule has 0 saturated carbocycles. The largest absolute Gasteiger partial charge is 0.497 e. The third-order valence-corrected chi connectivity index (χ3v) is 3.90. The molecule has 6 heteroatoms. The third-order valence-electron chi connectivity index (χ3n) is 3.90. The van der Waals surface area contributed by atoms with Crippen molar-refractivity contribution >= 4 is 17.5 Å². The Morgan fingerprint density at radius 2 is 1.58 bits per heavy atom. The summed E-state index contributed by atoms with van der Waals surface area (Å²) in [4.78, 5) is 24.2. The lowest BCUT2D eigenvalue weighted by atomic mass is 10.1. The maximum Gasteiger partial charge on any atom is 0.251 e. The van der Waals surface area contributed by atoms with Crippen LogP contribution in [0.25, 0.3) is 0 Å². The van der Waals surface area contributed by atoms with Gasteiger partial charge in [-0.05, 0) is 36.2 Å². The topological polar surface area (TPSA) is 76.7 Å². The average molecular weight is 356 g/mol. The molecule has 2 rings (SSSR count). The predicted molar refractivity (Wildman–Crippen MR) is 101 cm³/mol. The van der Waals surface area contributed by atoms with E-state index in [4.69, 9.17) is 9.47 Å². The van der Waals surface area contributed by atoms with Crippen LogP contribution in [-0.2, 0) is 11.2 Å². The number of methoxy groups -OCH3 is 2. The Bertz CT molecular complexity index is 735. The van der Waals surface area contributed by atoms with Crippen LogP contribution in [0.3, 0.4) is 0 Å². The van der Waals surface area contributed by atoms with Crippen molar-refractivity contribution < 1.29 is 19.1 Å². The van der Waals surface area contributed by atoms with Crippen LogP contribution in [0.5, 0.6) is 11.5 Å². The number of aryl methyl sites for hydroxylation is 1. The molecule has 6 nitrogen and oxygen atoms in total. The SMILES string of the molecule is CCc1ccc(NC(=O)CCNC(=O)c2cc(OC)cc(OC)c2)cc1. The van der Waals surface area contributed by atoms with Gasteiger partial charge in [0.15, 0.2) is 0 Å². The number of benzene rings is 2. The average Bonchev–Trinajstić information content (AvgIpc) is 2.67. The van der Waals surface area contributed by atoms with E-state index in [0.717, 1.165) is 12.1 Å². The summed E-state index contributed by atoms with van der Waals surface area (Å²) in [6.45, 7) is 2.31. The van der Waals surface area contributed by atoms with Crippen molar-refractivity contribution in [1.29, 1.82) is 0 Å². The lowest BCUT2D eigenvalue weighted by Crippen LogP contribution is -2.27. The van der Waals surface area contributed by atoms with E-state index < -0.39 is 0 Å². The van der Waals surface area contributed by atoms with Gasteiger partial charge in [-0.2, -0.15) is 0 Å². The molecule has 0 atom stereocenters. The fourth-order valence-corrected chi connectivity index (χ4v) is 2.38. The summed E-state index contributed by atoms with van der Waals surface area (Å²) in [5, 5.41) is 5.54. The molecule has 0 saturated heterocycles. The second kappa shape index (κ2) is 9.46. The zero-order valence-electron chi connectivity index (χ0n) is 15.3. The predicted octanol–water partition coefficient (Wildman–Crippen LogP) is 3.02. The molecule has 0 aliphatic rings. The van der Waals surface area contributed by atoms with Crippen LogP contribution < -0.4 is 20.1 Å². The van der Waals surface area contributed by atoms with Crippen LogP contribution in [0.15, 0.2) is 42.5 Å². The summed E-state index contributed by atoms with van der Waals surface area (Å²) >= 11 is 0. The summed E-state index contributed by atoms with van der Waals surface area (Å²) in [6.07, 6.45) is 1.14. The number of carbonyl (C=O) groups is 2. The van der Waals surface area contributed by atoms with Crippen molar-refractivity contribution in [1.82, 2.24) is 5.32 Å². The zero-order chi connectivity index (χ0) is 18.9. The van der Waals surface area contributed by atoms with Gasteiger partial charge in [0.25, 0.3) is 5.91 Å². The number of ether oxygens (including phenoxy) is 2. The second-order valence-electron chi connectivity index (χ2n) is 5.71. The molecule has 138 valence electrons. The number of amides is 2. The maximum atomic E-state index is 12.2.